The average molecular weight is 349 g/mol. The van der Waals surface area contributed by atoms with Crippen LogP contribution in [0.15, 0.2) is 47.6 Å². The Kier molecular flexibility index (Phi) is 4.93. The fraction of sp³-hybridized carbons (Fsp3) is 0.353. The Hall–Kier alpha value is -1.83. The number of halogens is 1. The molecule has 128 valence electrons. The molecule has 0 saturated carbocycles. The molecular weight excluding hydrogens is 329 g/mol. The number of aromatic nitrogens is 1. The van der Waals surface area contributed by atoms with Crippen LogP contribution in [0, 0.1) is 12.7 Å². The molecule has 1 saturated heterocycles. The molecule has 0 radical (unpaired) electrons. The SMILES string of the molecule is Cc1cc(S(=O)(=O)N2CCN(Cc3ccncc3)CC2)ccc1F. The number of rotatable bonds is 4. The number of sulfonamides is 1. The van der Waals surface area contributed by atoms with Crippen molar-refractivity contribution in [1.82, 2.24) is 14.2 Å². The quantitative estimate of drug-likeness (QED) is 0.848. The van der Waals surface area contributed by atoms with E-state index < -0.39 is 15.8 Å². The fourth-order valence-corrected chi connectivity index (χ4v) is 4.31. The van der Waals surface area contributed by atoms with Crippen LogP contribution in [0.25, 0.3) is 0 Å². The minimum Gasteiger partial charge on any atom is -0.296 e. The number of hydrogen-bond acceptors (Lipinski definition) is 4. The van der Waals surface area contributed by atoms with Gasteiger partial charge >= 0.3 is 0 Å². The van der Waals surface area contributed by atoms with Gasteiger partial charge in [0.05, 0.1) is 4.90 Å². The Labute approximate surface area is 141 Å². The van der Waals surface area contributed by atoms with E-state index in [2.05, 4.69) is 9.88 Å². The Bertz CT molecular complexity index is 804. The summed E-state index contributed by atoms with van der Waals surface area (Å²) in [6.07, 6.45) is 3.51. The second-order valence-electron chi connectivity index (χ2n) is 5.95. The first-order chi connectivity index (χ1) is 11.5. The number of pyridine rings is 1. The Morgan fingerprint density at radius 3 is 2.38 bits per heavy atom. The summed E-state index contributed by atoms with van der Waals surface area (Å²) in [4.78, 5) is 6.37. The van der Waals surface area contributed by atoms with Gasteiger partial charge in [0.25, 0.3) is 0 Å². The maximum atomic E-state index is 13.4. The zero-order chi connectivity index (χ0) is 17.2. The summed E-state index contributed by atoms with van der Waals surface area (Å²) in [5, 5.41) is 0. The first kappa shape index (κ1) is 17.0. The summed E-state index contributed by atoms with van der Waals surface area (Å²) in [6.45, 7) is 4.56. The summed E-state index contributed by atoms with van der Waals surface area (Å²) in [5.41, 5.74) is 1.50. The molecule has 1 aliphatic heterocycles. The number of piperazine rings is 1. The van der Waals surface area contributed by atoms with Crippen molar-refractivity contribution in [2.75, 3.05) is 26.2 Å². The summed E-state index contributed by atoms with van der Waals surface area (Å²) >= 11 is 0. The van der Waals surface area contributed by atoms with E-state index in [9.17, 15) is 12.8 Å². The van der Waals surface area contributed by atoms with E-state index in [0.29, 0.717) is 31.7 Å². The van der Waals surface area contributed by atoms with Crippen molar-refractivity contribution in [2.45, 2.75) is 18.4 Å². The lowest BCUT2D eigenvalue weighted by atomic mass is 10.2. The predicted octanol–water partition coefficient (Wildman–Crippen LogP) is 2.04. The van der Waals surface area contributed by atoms with Gasteiger partial charge in [-0.15, -0.1) is 0 Å². The predicted molar refractivity (Wildman–Crippen MR) is 89.4 cm³/mol. The summed E-state index contributed by atoms with van der Waals surface area (Å²) in [5.74, 6) is -0.392. The lowest BCUT2D eigenvalue weighted by Crippen LogP contribution is -2.48. The van der Waals surface area contributed by atoms with Gasteiger partial charge in [-0.2, -0.15) is 4.31 Å². The van der Waals surface area contributed by atoms with E-state index in [1.165, 1.54) is 22.5 Å². The summed E-state index contributed by atoms with van der Waals surface area (Å²) < 4.78 is 40.2. The van der Waals surface area contributed by atoms with E-state index in [-0.39, 0.29) is 4.90 Å². The van der Waals surface area contributed by atoms with Gasteiger partial charge in [0, 0.05) is 45.1 Å². The molecule has 0 unspecified atom stereocenters. The van der Waals surface area contributed by atoms with Crippen molar-refractivity contribution >= 4 is 10.0 Å². The zero-order valence-corrected chi connectivity index (χ0v) is 14.3. The molecule has 3 rings (SSSR count). The van der Waals surface area contributed by atoms with Crippen molar-refractivity contribution in [3.8, 4) is 0 Å². The largest absolute Gasteiger partial charge is 0.296 e. The third kappa shape index (κ3) is 3.63. The van der Waals surface area contributed by atoms with Crippen LogP contribution >= 0.6 is 0 Å². The molecule has 0 spiro atoms. The third-order valence-electron chi connectivity index (χ3n) is 4.25. The molecule has 0 amide bonds. The molecule has 0 aliphatic carbocycles. The van der Waals surface area contributed by atoms with Crippen LogP contribution in [0.1, 0.15) is 11.1 Å². The first-order valence-electron chi connectivity index (χ1n) is 7.84. The fourth-order valence-electron chi connectivity index (χ4n) is 2.80. The summed E-state index contributed by atoms with van der Waals surface area (Å²) in [6, 6.07) is 7.87. The van der Waals surface area contributed by atoms with Gasteiger partial charge in [-0.3, -0.25) is 9.88 Å². The third-order valence-corrected chi connectivity index (χ3v) is 6.15. The smallest absolute Gasteiger partial charge is 0.243 e. The average Bonchev–Trinajstić information content (AvgIpc) is 2.58. The number of nitrogens with zero attached hydrogens (tertiary/aromatic N) is 3. The van der Waals surface area contributed by atoms with Crippen LogP contribution in [-0.2, 0) is 16.6 Å². The Morgan fingerprint density at radius 2 is 1.75 bits per heavy atom. The van der Waals surface area contributed by atoms with Gasteiger partial charge in [0.15, 0.2) is 0 Å². The number of hydrogen-bond donors (Lipinski definition) is 0. The molecule has 0 bridgehead atoms. The van der Waals surface area contributed by atoms with Crippen LogP contribution in [-0.4, -0.2) is 48.8 Å². The van der Waals surface area contributed by atoms with E-state index in [1.54, 1.807) is 19.3 Å². The second-order valence-corrected chi connectivity index (χ2v) is 7.88. The van der Waals surface area contributed by atoms with Crippen LogP contribution in [0.2, 0.25) is 0 Å². The lowest BCUT2D eigenvalue weighted by molar-refractivity contribution is 0.181. The van der Waals surface area contributed by atoms with E-state index in [0.717, 1.165) is 12.1 Å². The van der Waals surface area contributed by atoms with Gasteiger partial charge in [-0.05, 0) is 48.4 Å². The number of aryl methyl sites for hydroxylation is 1. The highest BCUT2D eigenvalue weighted by molar-refractivity contribution is 7.89. The molecule has 0 atom stereocenters. The van der Waals surface area contributed by atoms with E-state index in [4.69, 9.17) is 0 Å². The van der Waals surface area contributed by atoms with Crippen LogP contribution < -0.4 is 0 Å². The van der Waals surface area contributed by atoms with Gasteiger partial charge in [0.2, 0.25) is 10.0 Å². The minimum atomic E-state index is -3.57. The van der Waals surface area contributed by atoms with Gasteiger partial charge < -0.3 is 0 Å². The molecule has 5 nitrogen and oxygen atoms in total. The maximum absolute atomic E-state index is 13.4. The summed E-state index contributed by atoms with van der Waals surface area (Å²) in [7, 11) is -3.57. The molecule has 7 heteroatoms. The normalized spacial score (nSPS) is 17.1. The van der Waals surface area contributed by atoms with Crippen molar-refractivity contribution in [1.29, 1.82) is 0 Å². The highest BCUT2D eigenvalue weighted by atomic mass is 32.2. The maximum Gasteiger partial charge on any atom is 0.243 e. The molecule has 2 aromatic rings. The topological polar surface area (TPSA) is 53.5 Å². The van der Waals surface area contributed by atoms with Crippen LogP contribution in [0.5, 0.6) is 0 Å². The van der Waals surface area contributed by atoms with Crippen LogP contribution in [0.3, 0.4) is 0 Å². The molecule has 0 N–H and O–H groups in total. The molecule has 24 heavy (non-hydrogen) atoms. The molecule has 1 aliphatic rings. The zero-order valence-electron chi connectivity index (χ0n) is 13.5. The monoisotopic (exact) mass is 349 g/mol. The van der Waals surface area contributed by atoms with Crippen molar-refractivity contribution in [3.63, 3.8) is 0 Å². The standard InChI is InChI=1S/C17H20FN3O2S/c1-14-12-16(2-3-17(14)18)24(22,23)21-10-8-20(9-11-21)13-15-4-6-19-7-5-15/h2-7,12H,8-11,13H2,1H3. The lowest BCUT2D eigenvalue weighted by Gasteiger charge is -2.34. The van der Waals surface area contributed by atoms with Gasteiger partial charge in [0.1, 0.15) is 5.82 Å². The highest BCUT2D eigenvalue weighted by Gasteiger charge is 2.28. The van der Waals surface area contributed by atoms with Gasteiger partial charge in [-0.25, -0.2) is 12.8 Å². The number of benzene rings is 1. The molecule has 1 fully saturated rings. The van der Waals surface area contributed by atoms with E-state index in [1.807, 2.05) is 12.1 Å². The van der Waals surface area contributed by atoms with Crippen LogP contribution in [0.4, 0.5) is 4.39 Å². The Balaban J connectivity index is 1.66. The first-order valence-corrected chi connectivity index (χ1v) is 9.28. The minimum absolute atomic E-state index is 0.156. The van der Waals surface area contributed by atoms with Crippen molar-refractivity contribution in [2.24, 2.45) is 0 Å². The molecular formula is C17H20FN3O2S. The Morgan fingerprint density at radius 1 is 1.08 bits per heavy atom. The second kappa shape index (κ2) is 6.96. The molecule has 1 aromatic carbocycles. The van der Waals surface area contributed by atoms with Crippen molar-refractivity contribution in [3.05, 3.63) is 59.7 Å². The molecule has 1 aromatic heterocycles. The van der Waals surface area contributed by atoms with Crippen molar-refractivity contribution < 1.29 is 12.8 Å². The molecule has 2 heterocycles. The van der Waals surface area contributed by atoms with E-state index >= 15 is 0 Å². The van der Waals surface area contributed by atoms with Gasteiger partial charge in [-0.1, -0.05) is 0 Å². The highest BCUT2D eigenvalue weighted by Crippen LogP contribution is 2.20.